The molecule has 1 aromatic heterocycles. The minimum atomic E-state index is -0.613. The molecular weight excluding hydrogens is 243 g/mol. The fourth-order valence-corrected chi connectivity index (χ4v) is 2.13. The summed E-state index contributed by atoms with van der Waals surface area (Å²) in [6.45, 7) is 4.77. The molecule has 2 rings (SSSR count). The van der Waals surface area contributed by atoms with Crippen molar-refractivity contribution in [2.45, 2.75) is 39.3 Å². The molecule has 0 amide bonds. The summed E-state index contributed by atoms with van der Waals surface area (Å²) in [4.78, 5) is 0. The number of aryl methyl sites for hydroxylation is 2. The van der Waals surface area contributed by atoms with Crippen molar-refractivity contribution in [3.63, 3.8) is 0 Å². The molecule has 0 spiro atoms. The van der Waals surface area contributed by atoms with E-state index < -0.39 is 6.10 Å². The van der Waals surface area contributed by atoms with Gasteiger partial charge in [-0.25, -0.2) is 4.39 Å². The maximum Gasteiger partial charge on any atom is 0.123 e. The fraction of sp³-hybridized carbons (Fsp3) is 0.400. The van der Waals surface area contributed by atoms with Crippen LogP contribution in [0.3, 0.4) is 0 Å². The predicted molar refractivity (Wildman–Crippen MR) is 72.3 cm³/mol. The van der Waals surface area contributed by atoms with Crippen molar-refractivity contribution in [3.05, 3.63) is 53.1 Å². The number of aliphatic hydroxyl groups excluding tert-OH is 1. The Kier molecular flexibility index (Phi) is 4.32. The lowest BCUT2D eigenvalue weighted by Crippen LogP contribution is -2.10. The van der Waals surface area contributed by atoms with Gasteiger partial charge >= 0.3 is 0 Å². The first kappa shape index (κ1) is 13.7. The number of hydrogen-bond donors (Lipinski definition) is 1. The van der Waals surface area contributed by atoms with Gasteiger partial charge in [-0.2, -0.15) is 5.10 Å². The highest BCUT2D eigenvalue weighted by molar-refractivity contribution is 5.20. The second-order valence-electron chi connectivity index (χ2n) is 4.58. The summed E-state index contributed by atoms with van der Waals surface area (Å²) in [7, 11) is 0. The first-order chi connectivity index (χ1) is 9.13. The molecule has 0 bridgehead atoms. The normalized spacial score (nSPS) is 12.6. The highest BCUT2D eigenvalue weighted by Gasteiger charge is 2.15. The molecular formula is C15H19FN2O. The van der Waals surface area contributed by atoms with Crippen LogP contribution in [0.1, 0.15) is 36.9 Å². The topological polar surface area (TPSA) is 38.0 Å². The van der Waals surface area contributed by atoms with Crippen LogP contribution in [0.25, 0.3) is 0 Å². The van der Waals surface area contributed by atoms with Gasteiger partial charge in [-0.05, 0) is 37.1 Å². The van der Waals surface area contributed by atoms with E-state index in [1.165, 1.54) is 12.1 Å². The summed E-state index contributed by atoms with van der Waals surface area (Å²) >= 11 is 0. The molecule has 1 N–H and O–H groups in total. The molecule has 102 valence electrons. The van der Waals surface area contributed by atoms with Crippen LogP contribution >= 0.6 is 0 Å². The van der Waals surface area contributed by atoms with E-state index >= 15 is 0 Å². The standard InChI is InChI=1S/C15H19FN2O/c1-3-13-10-14(18(4-2)17-13)15(19)9-11-5-7-12(16)8-6-11/h5-8,10,15,19H,3-4,9H2,1-2H3. The lowest BCUT2D eigenvalue weighted by Gasteiger charge is -2.12. The van der Waals surface area contributed by atoms with E-state index in [4.69, 9.17) is 0 Å². The Balaban J connectivity index is 2.16. The molecule has 4 heteroatoms. The number of benzene rings is 1. The molecule has 0 aliphatic rings. The maximum atomic E-state index is 12.8. The van der Waals surface area contributed by atoms with Crippen LogP contribution in [0.15, 0.2) is 30.3 Å². The maximum absolute atomic E-state index is 12.8. The van der Waals surface area contributed by atoms with Crippen LogP contribution in [0.4, 0.5) is 4.39 Å². The molecule has 0 fully saturated rings. The van der Waals surface area contributed by atoms with Gasteiger partial charge in [0, 0.05) is 13.0 Å². The van der Waals surface area contributed by atoms with Crippen molar-refractivity contribution in [2.75, 3.05) is 0 Å². The highest BCUT2D eigenvalue weighted by Crippen LogP contribution is 2.20. The molecule has 3 nitrogen and oxygen atoms in total. The van der Waals surface area contributed by atoms with Crippen LogP contribution in [0.5, 0.6) is 0 Å². The van der Waals surface area contributed by atoms with E-state index in [2.05, 4.69) is 5.10 Å². The number of hydrogen-bond acceptors (Lipinski definition) is 2. The van der Waals surface area contributed by atoms with Crippen molar-refractivity contribution in [1.29, 1.82) is 0 Å². The molecule has 0 aliphatic carbocycles. The number of aliphatic hydroxyl groups is 1. The summed E-state index contributed by atoms with van der Waals surface area (Å²) in [6, 6.07) is 8.17. The number of halogens is 1. The van der Waals surface area contributed by atoms with E-state index in [1.807, 2.05) is 24.6 Å². The van der Waals surface area contributed by atoms with Crippen molar-refractivity contribution in [3.8, 4) is 0 Å². The number of nitrogens with zero attached hydrogens (tertiary/aromatic N) is 2. The second kappa shape index (κ2) is 5.97. The zero-order valence-electron chi connectivity index (χ0n) is 11.3. The van der Waals surface area contributed by atoms with Gasteiger partial charge in [0.25, 0.3) is 0 Å². The van der Waals surface area contributed by atoms with Crippen molar-refractivity contribution >= 4 is 0 Å². The van der Waals surface area contributed by atoms with Crippen LogP contribution in [-0.4, -0.2) is 14.9 Å². The smallest absolute Gasteiger partial charge is 0.123 e. The Labute approximate surface area is 112 Å². The third kappa shape index (κ3) is 3.20. The zero-order valence-corrected chi connectivity index (χ0v) is 11.3. The lowest BCUT2D eigenvalue weighted by molar-refractivity contribution is 0.167. The first-order valence-corrected chi connectivity index (χ1v) is 6.63. The minimum Gasteiger partial charge on any atom is -0.386 e. The zero-order chi connectivity index (χ0) is 13.8. The summed E-state index contributed by atoms with van der Waals surface area (Å²) < 4.78 is 14.7. The van der Waals surface area contributed by atoms with Crippen molar-refractivity contribution < 1.29 is 9.50 Å². The monoisotopic (exact) mass is 262 g/mol. The molecule has 0 saturated carbocycles. The third-order valence-electron chi connectivity index (χ3n) is 3.21. The van der Waals surface area contributed by atoms with Crippen molar-refractivity contribution in [2.24, 2.45) is 0 Å². The minimum absolute atomic E-state index is 0.259. The molecule has 0 aliphatic heterocycles. The van der Waals surface area contributed by atoms with Crippen LogP contribution in [0.2, 0.25) is 0 Å². The number of aromatic nitrogens is 2. The van der Waals surface area contributed by atoms with E-state index in [0.29, 0.717) is 6.42 Å². The van der Waals surface area contributed by atoms with Crippen LogP contribution in [0, 0.1) is 5.82 Å². The second-order valence-corrected chi connectivity index (χ2v) is 4.58. The quantitative estimate of drug-likeness (QED) is 0.899. The Morgan fingerprint density at radius 2 is 1.95 bits per heavy atom. The average molecular weight is 262 g/mol. The Hall–Kier alpha value is -1.68. The van der Waals surface area contributed by atoms with Gasteiger partial charge in [-0.3, -0.25) is 4.68 Å². The molecule has 2 aromatic rings. The van der Waals surface area contributed by atoms with Gasteiger partial charge in [0.05, 0.1) is 17.5 Å². The van der Waals surface area contributed by atoms with E-state index in [0.717, 1.165) is 29.9 Å². The summed E-state index contributed by atoms with van der Waals surface area (Å²) in [6.07, 6.45) is 0.705. The first-order valence-electron chi connectivity index (χ1n) is 6.63. The predicted octanol–water partition coefficient (Wildman–Crippen LogP) is 2.88. The molecule has 1 unspecified atom stereocenters. The van der Waals surface area contributed by atoms with Gasteiger partial charge < -0.3 is 5.11 Å². The van der Waals surface area contributed by atoms with Crippen LogP contribution < -0.4 is 0 Å². The van der Waals surface area contributed by atoms with E-state index in [-0.39, 0.29) is 5.82 Å². The summed E-state index contributed by atoms with van der Waals surface area (Å²) in [5.74, 6) is -0.259. The summed E-state index contributed by atoms with van der Waals surface area (Å²) in [5.41, 5.74) is 2.72. The average Bonchev–Trinajstić information content (AvgIpc) is 2.85. The molecule has 1 heterocycles. The number of rotatable bonds is 5. The van der Waals surface area contributed by atoms with Gasteiger partial charge in [0.1, 0.15) is 5.82 Å². The summed E-state index contributed by atoms with van der Waals surface area (Å²) in [5, 5.41) is 14.7. The van der Waals surface area contributed by atoms with Gasteiger partial charge in [-0.15, -0.1) is 0 Å². The van der Waals surface area contributed by atoms with Gasteiger partial charge in [0.15, 0.2) is 0 Å². The Bertz CT molecular complexity index is 534. The highest BCUT2D eigenvalue weighted by atomic mass is 19.1. The lowest BCUT2D eigenvalue weighted by atomic mass is 10.1. The molecule has 0 radical (unpaired) electrons. The molecule has 19 heavy (non-hydrogen) atoms. The van der Waals surface area contributed by atoms with E-state index in [1.54, 1.807) is 12.1 Å². The van der Waals surface area contributed by atoms with E-state index in [9.17, 15) is 9.50 Å². The van der Waals surface area contributed by atoms with Crippen LogP contribution in [-0.2, 0) is 19.4 Å². The molecule has 1 aromatic carbocycles. The van der Waals surface area contributed by atoms with Crippen molar-refractivity contribution in [1.82, 2.24) is 9.78 Å². The molecule has 0 saturated heterocycles. The molecule has 1 atom stereocenters. The Morgan fingerprint density at radius 3 is 2.53 bits per heavy atom. The third-order valence-corrected chi connectivity index (χ3v) is 3.21. The SMILES string of the molecule is CCc1cc(C(O)Cc2ccc(F)cc2)n(CC)n1. The Morgan fingerprint density at radius 1 is 1.26 bits per heavy atom. The van der Waals surface area contributed by atoms with Gasteiger partial charge in [0.2, 0.25) is 0 Å². The fourth-order valence-electron chi connectivity index (χ4n) is 2.13. The largest absolute Gasteiger partial charge is 0.386 e. The van der Waals surface area contributed by atoms with Gasteiger partial charge in [-0.1, -0.05) is 19.1 Å².